The average Bonchev–Trinajstić information content (AvgIpc) is 2.38. The first-order chi connectivity index (χ1) is 8.65. The molecule has 0 fully saturated rings. The summed E-state index contributed by atoms with van der Waals surface area (Å²) in [6.45, 7) is 4.28. The molecule has 0 spiro atoms. The largest absolute Gasteiger partial charge is 0.508 e. The van der Waals surface area contributed by atoms with Gasteiger partial charge in [0, 0.05) is 11.6 Å². The van der Waals surface area contributed by atoms with Crippen LogP contribution in [0.4, 0.5) is 0 Å². The topological polar surface area (TPSA) is 40.5 Å². The Hall–Kier alpha value is -1.96. The molecular formula is C16H18O2. The number of hydrogen-bond donors (Lipinski definition) is 2. The van der Waals surface area contributed by atoms with Crippen molar-refractivity contribution in [3.63, 3.8) is 0 Å². The third-order valence-electron chi connectivity index (χ3n) is 3.26. The van der Waals surface area contributed by atoms with E-state index < -0.39 is 0 Å². The molecule has 2 heteroatoms. The van der Waals surface area contributed by atoms with Crippen molar-refractivity contribution in [3.8, 4) is 22.6 Å². The van der Waals surface area contributed by atoms with Crippen LogP contribution in [0.15, 0.2) is 36.4 Å². The Morgan fingerprint density at radius 2 is 1.56 bits per heavy atom. The molecule has 94 valence electrons. The maximum Gasteiger partial charge on any atom is 0.127 e. The summed E-state index contributed by atoms with van der Waals surface area (Å²) in [4.78, 5) is 0. The van der Waals surface area contributed by atoms with Gasteiger partial charge in [0.1, 0.15) is 11.5 Å². The van der Waals surface area contributed by atoms with Gasteiger partial charge in [-0.25, -0.2) is 0 Å². The van der Waals surface area contributed by atoms with Crippen LogP contribution >= 0.6 is 0 Å². The van der Waals surface area contributed by atoms with Crippen LogP contribution in [0, 0.1) is 0 Å². The van der Waals surface area contributed by atoms with Crippen molar-refractivity contribution in [2.45, 2.75) is 26.7 Å². The van der Waals surface area contributed by atoms with Crippen molar-refractivity contribution in [1.29, 1.82) is 0 Å². The van der Waals surface area contributed by atoms with Crippen LogP contribution in [0.3, 0.4) is 0 Å². The Morgan fingerprint density at radius 1 is 0.833 bits per heavy atom. The fourth-order valence-electron chi connectivity index (χ4n) is 2.23. The lowest BCUT2D eigenvalue weighted by atomic mass is 9.96. The van der Waals surface area contributed by atoms with E-state index >= 15 is 0 Å². The number of hydrogen-bond acceptors (Lipinski definition) is 2. The normalized spacial score (nSPS) is 10.6. The number of rotatable bonds is 3. The molecule has 2 rings (SSSR count). The van der Waals surface area contributed by atoms with E-state index in [0.717, 1.165) is 24.0 Å². The molecule has 2 aromatic rings. The summed E-state index contributed by atoms with van der Waals surface area (Å²) in [5.74, 6) is 0.193. The molecule has 0 saturated heterocycles. The van der Waals surface area contributed by atoms with E-state index in [0.29, 0.717) is 0 Å². The van der Waals surface area contributed by atoms with Gasteiger partial charge < -0.3 is 10.2 Å². The molecule has 0 saturated carbocycles. The highest BCUT2D eigenvalue weighted by Crippen LogP contribution is 2.33. The van der Waals surface area contributed by atoms with Gasteiger partial charge in [-0.2, -0.15) is 0 Å². The van der Waals surface area contributed by atoms with Crippen LogP contribution in [0.1, 0.15) is 25.0 Å². The smallest absolute Gasteiger partial charge is 0.127 e. The van der Waals surface area contributed by atoms with Gasteiger partial charge in [0.15, 0.2) is 0 Å². The molecule has 0 aliphatic heterocycles. The van der Waals surface area contributed by atoms with Crippen LogP contribution in [-0.2, 0) is 12.8 Å². The van der Waals surface area contributed by atoms with E-state index in [1.807, 2.05) is 6.07 Å². The zero-order chi connectivity index (χ0) is 13.1. The Labute approximate surface area is 108 Å². The second kappa shape index (κ2) is 5.13. The van der Waals surface area contributed by atoms with Gasteiger partial charge in [-0.3, -0.25) is 0 Å². The summed E-state index contributed by atoms with van der Waals surface area (Å²) in [6.07, 6.45) is 2.00. The second-order valence-electron chi connectivity index (χ2n) is 4.39. The van der Waals surface area contributed by atoms with Crippen molar-refractivity contribution < 1.29 is 10.2 Å². The van der Waals surface area contributed by atoms with Gasteiger partial charge in [0.25, 0.3) is 0 Å². The lowest BCUT2D eigenvalue weighted by molar-refractivity contribution is 0.452. The third kappa shape index (κ3) is 2.33. The minimum Gasteiger partial charge on any atom is -0.508 e. The van der Waals surface area contributed by atoms with Crippen molar-refractivity contribution in [2.75, 3.05) is 0 Å². The Kier molecular flexibility index (Phi) is 3.56. The van der Waals surface area contributed by atoms with E-state index in [1.54, 1.807) is 12.1 Å². The Balaban J connectivity index is 2.51. The number of phenolic OH excluding ortho intramolecular Hbond substituents is 2. The predicted octanol–water partition coefficient (Wildman–Crippen LogP) is 3.89. The summed E-state index contributed by atoms with van der Waals surface area (Å²) in [7, 11) is 0. The molecule has 0 radical (unpaired) electrons. The average molecular weight is 242 g/mol. The molecule has 0 amide bonds. The van der Waals surface area contributed by atoms with Gasteiger partial charge in [-0.05, 0) is 41.7 Å². The minimum atomic E-state index is 0.0807. The van der Waals surface area contributed by atoms with E-state index in [2.05, 4.69) is 26.0 Å². The Bertz CT molecular complexity index is 559. The molecule has 2 N–H and O–H groups in total. The van der Waals surface area contributed by atoms with Crippen LogP contribution in [0.5, 0.6) is 11.5 Å². The molecular weight excluding hydrogens is 224 g/mol. The summed E-state index contributed by atoms with van der Waals surface area (Å²) in [5, 5.41) is 19.2. The molecule has 0 heterocycles. The fourth-order valence-corrected chi connectivity index (χ4v) is 2.23. The maximum atomic E-state index is 9.87. The van der Waals surface area contributed by atoms with E-state index in [-0.39, 0.29) is 11.5 Å². The van der Waals surface area contributed by atoms with Gasteiger partial charge in [0.05, 0.1) is 0 Å². The lowest BCUT2D eigenvalue weighted by Gasteiger charge is -2.10. The zero-order valence-corrected chi connectivity index (χ0v) is 10.8. The zero-order valence-electron chi connectivity index (χ0n) is 10.8. The molecule has 0 aliphatic carbocycles. The molecule has 18 heavy (non-hydrogen) atoms. The molecule has 2 aromatic carbocycles. The standard InChI is InChI=1S/C16H18O2/c1-3-11-5-6-13(9-12(11)4-2)15-8-7-14(17)10-16(15)18/h5-10,17-18H,3-4H2,1-2H3. The van der Waals surface area contributed by atoms with Crippen LogP contribution < -0.4 is 0 Å². The minimum absolute atomic E-state index is 0.0807. The first-order valence-electron chi connectivity index (χ1n) is 6.29. The molecule has 0 bridgehead atoms. The van der Waals surface area contributed by atoms with Crippen molar-refractivity contribution >= 4 is 0 Å². The highest BCUT2D eigenvalue weighted by atomic mass is 16.3. The Morgan fingerprint density at radius 3 is 2.17 bits per heavy atom. The van der Waals surface area contributed by atoms with E-state index in [9.17, 15) is 10.2 Å². The van der Waals surface area contributed by atoms with Gasteiger partial charge >= 0.3 is 0 Å². The summed E-state index contributed by atoms with van der Waals surface area (Å²) >= 11 is 0. The SMILES string of the molecule is CCc1ccc(-c2ccc(O)cc2O)cc1CC. The molecule has 0 aromatic heterocycles. The second-order valence-corrected chi connectivity index (χ2v) is 4.39. The number of benzene rings is 2. The van der Waals surface area contributed by atoms with E-state index in [4.69, 9.17) is 0 Å². The highest BCUT2D eigenvalue weighted by Gasteiger charge is 2.07. The molecule has 0 unspecified atom stereocenters. The van der Waals surface area contributed by atoms with Gasteiger partial charge in [-0.1, -0.05) is 32.0 Å². The van der Waals surface area contributed by atoms with Crippen LogP contribution in [0.2, 0.25) is 0 Å². The van der Waals surface area contributed by atoms with Gasteiger partial charge in [-0.15, -0.1) is 0 Å². The van der Waals surface area contributed by atoms with E-state index in [1.165, 1.54) is 17.2 Å². The molecule has 0 aliphatic rings. The lowest BCUT2D eigenvalue weighted by Crippen LogP contribution is -1.91. The van der Waals surface area contributed by atoms with Crippen molar-refractivity contribution in [2.24, 2.45) is 0 Å². The highest BCUT2D eigenvalue weighted by molar-refractivity contribution is 5.72. The molecule has 0 atom stereocenters. The van der Waals surface area contributed by atoms with Crippen LogP contribution in [0.25, 0.3) is 11.1 Å². The van der Waals surface area contributed by atoms with Gasteiger partial charge in [0.2, 0.25) is 0 Å². The summed E-state index contributed by atoms with van der Waals surface area (Å²) < 4.78 is 0. The van der Waals surface area contributed by atoms with Crippen molar-refractivity contribution in [1.82, 2.24) is 0 Å². The number of phenols is 2. The fraction of sp³-hybridized carbons (Fsp3) is 0.250. The predicted molar refractivity (Wildman–Crippen MR) is 74.0 cm³/mol. The third-order valence-corrected chi connectivity index (χ3v) is 3.26. The monoisotopic (exact) mass is 242 g/mol. The number of aromatic hydroxyl groups is 2. The first-order valence-corrected chi connectivity index (χ1v) is 6.29. The first kappa shape index (κ1) is 12.5. The maximum absolute atomic E-state index is 9.87. The molecule has 2 nitrogen and oxygen atoms in total. The quantitative estimate of drug-likeness (QED) is 0.857. The summed E-state index contributed by atoms with van der Waals surface area (Å²) in [6, 6.07) is 10.9. The van der Waals surface area contributed by atoms with Crippen LogP contribution in [-0.4, -0.2) is 10.2 Å². The summed E-state index contributed by atoms with van der Waals surface area (Å²) in [5.41, 5.74) is 4.40. The van der Waals surface area contributed by atoms with Crippen molar-refractivity contribution in [3.05, 3.63) is 47.5 Å². The number of aryl methyl sites for hydroxylation is 2.